The molecule has 0 aliphatic heterocycles. The summed E-state index contributed by atoms with van der Waals surface area (Å²) in [7, 11) is 0. The van der Waals surface area contributed by atoms with Crippen LogP contribution in [0.4, 0.5) is 8.78 Å². The molecule has 0 fully saturated rings. The molecule has 2 aromatic rings. The number of Topliss-reactive ketones (excluding diaryl/α,β-unsaturated/α-hetero) is 1. The zero-order valence-corrected chi connectivity index (χ0v) is 14.4. The molecule has 25 heavy (non-hydrogen) atoms. The highest BCUT2D eigenvalue weighted by molar-refractivity contribution is 6.00. The van der Waals surface area contributed by atoms with Crippen molar-refractivity contribution >= 4 is 5.78 Å². The monoisotopic (exact) mass is 348 g/mol. The van der Waals surface area contributed by atoms with Crippen LogP contribution in [0.5, 0.6) is 11.5 Å². The second-order valence-electron chi connectivity index (χ2n) is 5.77. The van der Waals surface area contributed by atoms with Crippen LogP contribution in [-0.4, -0.2) is 17.5 Å². The lowest BCUT2D eigenvalue weighted by molar-refractivity contribution is 0.0988. The van der Waals surface area contributed by atoms with E-state index in [1.807, 2.05) is 24.3 Å². The molecular formula is C20H22F2O3. The van der Waals surface area contributed by atoms with Crippen LogP contribution in [0.3, 0.4) is 0 Å². The summed E-state index contributed by atoms with van der Waals surface area (Å²) in [4.78, 5) is 12.4. The Hall–Kier alpha value is -2.43. The minimum atomic E-state index is -2.93. The predicted molar refractivity (Wildman–Crippen MR) is 92.7 cm³/mol. The number of ether oxygens (including phenoxy) is 1. The Morgan fingerprint density at radius 1 is 1.08 bits per heavy atom. The number of rotatable bonds is 8. The number of phenols is 1. The number of ketones is 1. The van der Waals surface area contributed by atoms with Gasteiger partial charge in [-0.1, -0.05) is 37.6 Å². The number of hydrogen-bond acceptors (Lipinski definition) is 3. The third-order valence-corrected chi connectivity index (χ3v) is 3.92. The number of carbonyl (C=O) groups excluding carboxylic acids is 1. The van der Waals surface area contributed by atoms with Crippen LogP contribution in [0.2, 0.25) is 0 Å². The molecule has 2 aromatic carbocycles. The molecule has 0 saturated carbocycles. The standard InChI is InChI=1S/C20H22F2O3/c1-3-5-13-6-8-14(9-7-13)12-16(23)15-10-11-17(25-4-2)18(19(15)24)20(21)22/h6-11,20,24H,3-5,12H2,1-2H3. The molecular weight excluding hydrogens is 326 g/mol. The molecule has 0 bridgehead atoms. The van der Waals surface area contributed by atoms with E-state index in [9.17, 15) is 18.7 Å². The van der Waals surface area contributed by atoms with E-state index in [4.69, 9.17) is 4.74 Å². The Morgan fingerprint density at radius 2 is 1.72 bits per heavy atom. The minimum Gasteiger partial charge on any atom is -0.507 e. The molecule has 0 aromatic heterocycles. The van der Waals surface area contributed by atoms with E-state index in [2.05, 4.69) is 6.92 Å². The van der Waals surface area contributed by atoms with Crippen molar-refractivity contribution in [3.05, 3.63) is 58.7 Å². The molecule has 2 rings (SSSR count). The van der Waals surface area contributed by atoms with Crippen molar-refractivity contribution in [1.29, 1.82) is 0 Å². The van der Waals surface area contributed by atoms with Crippen molar-refractivity contribution in [2.75, 3.05) is 6.61 Å². The zero-order valence-electron chi connectivity index (χ0n) is 14.4. The van der Waals surface area contributed by atoms with Gasteiger partial charge in [0.05, 0.1) is 12.2 Å². The van der Waals surface area contributed by atoms with Gasteiger partial charge in [-0.05, 0) is 36.6 Å². The second-order valence-corrected chi connectivity index (χ2v) is 5.77. The van der Waals surface area contributed by atoms with Crippen LogP contribution in [0, 0.1) is 0 Å². The van der Waals surface area contributed by atoms with E-state index in [0.29, 0.717) is 0 Å². The summed E-state index contributed by atoms with van der Waals surface area (Å²) >= 11 is 0. The van der Waals surface area contributed by atoms with Crippen LogP contribution in [-0.2, 0) is 12.8 Å². The molecule has 1 N–H and O–H groups in total. The number of benzene rings is 2. The quantitative estimate of drug-likeness (QED) is 0.675. The van der Waals surface area contributed by atoms with Crippen molar-refractivity contribution in [1.82, 2.24) is 0 Å². The van der Waals surface area contributed by atoms with E-state index >= 15 is 0 Å². The molecule has 0 atom stereocenters. The largest absolute Gasteiger partial charge is 0.507 e. The van der Waals surface area contributed by atoms with Gasteiger partial charge in [0.2, 0.25) is 0 Å². The molecule has 0 spiro atoms. The fourth-order valence-corrected chi connectivity index (χ4v) is 2.70. The van der Waals surface area contributed by atoms with E-state index in [1.165, 1.54) is 17.7 Å². The first kappa shape index (κ1) is 18.9. The molecule has 0 aliphatic rings. The van der Waals surface area contributed by atoms with Gasteiger partial charge in [0, 0.05) is 6.42 Å². The molecule has 0 radical (unpaired) electrons. The predicted octanol–water partition coefficient (Wildman–Crippen LogP) is 5.11. The molecule has 5 heteroatoms. The van der Waals surface area contributed by atoms with E-state index < -0.39 is 23.5 Å². The highest BCUT2D eigenvalue weighted by Crippen LogP contribution is 2.39. The molecule has 134 valence electrons. The number of phenolic OH excluding ortho intramolecular Hbond substituents is 1. The minimum absolute atomic E-state index is 0.0383. The highest BCUT2D eigenvalue weighted by Gasteiger charge is 2.24. The van der Waals surface area contributed by atoms with Crippen LogP contribution in [0.1, 0.15) is 53.7 Å². The molecule has 0 saturated heterocycles. The van der Waals surface area contributed by atoms with Gasteiger partial charge in [-0.25, -0.2) is 8.78 Å². The Balaban J connectivity index is 2.25. The fourth-order valence-electron chi connectivity index (χ4n) is 2.70. The molecule has 0 aliphatic carbocycles. The number of carbonyl (C=O) groups is 1. The maximum atomic E-state index is 13.2. The van der Waals surface area contributed by atoms with Crippen LogP contribution < -0.4 is 4.74 Å². The average molecular weight is 348 g/mol. The van der Waals surface area contributed by atoms with Gasteiger partial charge >= 0.3 is 0 Å². The average Bonchev–Trinajstić information content (AvgIpc) is 2.57. The smallest absolute Gasteiger partial charge is 0.271 e. The lowest BCUT2D eigenvalue weighted by Crippen LogP contribution is -2.07. The van der Waals surface area contributed by atoms with Gasteiger partial charge < -0.3 is 9.84 Å². The van der Waals surface area contributed by atoms with Crippen molar-refractivity contribution < 1.29 is 23.4 Å². The van der Waals surface area contributed by atoms with Gasteiger partial charge in [0.1, 0.15) is 17.1 Å². The van der Waals surface area contributed by atoms with Crippen molar-refractivity contribution in [2.24, 2.45) is 0 Å². The summed E-state index contributed by atoms with van der Waals surface area (Å²) in [5.74, 6) is -1.21. The highest BCUT2D eigenvalue weighted by atomic mass is 19.3. The lowest BCUT2D eigenvalue weighted by Gasteiger charge is -2.14. The zero-order chi connectivity index (χ0) is 18.4. The first-order valence-electron chi connectivity index (χ1n) is 8.35. The summed E-state index contributed by atoms with van der Waals surface area (Å²) in [6.45, 7) is 3.94. The SMILES string of the molecule is CCCc1ccc(CC(=O)c2ccc(OCC)c(C(F)F)c2O)cc1. The number of alkyl halides is 2. The number of hydrogen-bond donors (Lipinski definition) is 1. The molecule has 0 heterocycles. The number of aromatic hydroxyl groups is 1. The Labute approximate surface area is 146 Å². The van der Waals surface area contributed by atoms with Gasteiger partial charge in [-0.3, -0.25) is 4.79 Å². The van der Waals surface area contributed by atoms with Gasteiger partial charge in [0.25, 0.3) is 6.43 Å². The van der Waals surface area contributed by atoms with Gasteiger partial charge in [-0.2, -0.15) is 0 Å². The Bertz CT molecular complexity index is 724. The van der Waals surface area contributed by atoms with Crippen molar-refractivity contribution in [3.63, 3.8) is 0 Å². The van der Waals surface area contributed by atoms with Crippen LogP contribution in [0.25, 0.3) is 0 Å². The maximum absolute atomic E-state index is 13.2. The van der Waals surface area contributed by atoms with Crippen LogP contribution >= 0.6 is 0 Å². The van der Waals surface area contributed by atoms with E-state index in [1.54, 1.807) is 6.92 Å². The summed E-state index contributed by atoms with van der Waals surface area (Å²) in [6.07, 6.45) is -0.889. The van der Waals surface area contributed by atoms with Crippen LogP contribution in [0.15, 0.2) is 36.4 Å². The van der Waals surface area contributed by atoms with E-state index in [-0.39, 0.29) is 24.3 Å². The van der Waals surface area contributed by atoms with Crippen molar-refractivity contribution in [3.8, 4) is 11.5 Å². The summed E-state index contributed by atoms with van der Waals surface area (Å²) < 4.78 is 31.6. The lowest BCUT2D eigenvalue weighted by atomic mass is 9.98. The third-order valence-electron chi connectivity index (χ3n) is 3.92. The second kappa shape index (κ2) is 8.60. The number of aryl methyl sites for hydroxylation is 1. The van der Waals surface area contributed by atoms with E-state index in [0.717, 1.165) is 18.4 Å². The topological polar surface area (TPSA) is 46.5 Å². The van der Waals surface area contributed by atoms with Gasteiger partial charge in [0.15, 0.2) is 5.78 Å². The Kier molecular flexibility index (Phi) is 6.51. The molecule has 3 nitrogen and oxygen atoms in total. The molecule has 0 unspecified atom stereocenters. The maximum Gasteiger partial charge on any atom is 0.271 e. The number of halogens is 2. The summed E-state index contributed by atoms with van der Waals surface area (Å²) in [6, 6.07) is 10.2. The summed E-state index contributed by atoms with van der Waals surface area (Å²) in [5.41, 5.74) is 1.21. The van der Waals surface area contributed by atoms with Crippen molar-refractivity contribution in [2.45, 2.75) is 39.5 Å². The Morgan fingerprint density at radius 3 is 2.28 bits per heavy atom. The first-order chi connectivity index (χ1) is 12.0. The first-order valence-corrected chi connectivity index (χ1v) is 8.35. The third kappa shape index (κ3) is 4.56. The summed E-state index contributed by atoms with van der Waals surface area (Å²) in [5, 5.41) is 10.1. The fraction of sp³-hybridized carbons (Fsp3) is 0.350. The molecule has 0 amide bonds. The normalized spacial score (nSPS) is 10.9. The van der Waals surface area contributed by atoms with Gasteiger partial charge in [-0.15, -0.1) is 0 Å².